The Balaban J connectivity index is 1.75. The van der Waals surface area contributed by atoms with Gasteiger partial charge in [-0.2, -0.15) is 0 Å². The summed E-state index contributed by atoms with van der Waals surface area (Å²) in [7, 11) is 0. The number of rotatable bonds is 10. The van der Waals surface area contributed by atoms with Crippen molar-refractivity contribution in [2.24, 2.45) is 5.73 Å². The lowest BCUT2D eigenvalue weighted by Crippen LogP contribution is -2.30. The number of ether oxygens (including phenoxy) is 1. The summed E-state index contributed by atoms with van der Waals surface area (Å²) in [6, 6.07) is 7.45. The summed E-state index contributed by atoms with van der Waals surface area (Å²) in [5.41, 5.74) is 10.9. The lowest BCUT2D eigenvalue weighted by Gasteiger charge is -2.13. The number of benzene rings is 1. The van der Waals surface area contributed by atoms with Gasteiger partial charge in [-0.1, -0.05) is 24.3 Å². The molecule has 0 saturated carbocycles. The predicted octanol–water partition coefficient (Wildman–Crippen LogP) is 2.12. The average Bonchev–Trinajstić information content (AvgIpc) is 3.04. The lowest BCUT2D eigenvalue weighted by molar-refractivity contribution is -0.138. The van der Waals surface area contributed by atoms with Crippen LogP contribution in [0.5, 0.6) is 0 Å². The normalized spacial score (nSPS) is 11.9. The summed E-state index contributed by atoms with van der Waals surface area (Å²) < 4.78 is 5.11. The van der Waals surface area contributed by atoms with Crippen molar-refractivity contribution in [3.63, 3.8) is 0 Å². The molecular weight excluding hydrogens is 354 g/mol. The van der Waals surface area contributed by atoms with E-state index in [1.54, 1.807) is 11.3 Å². The highest BCUT2D eigenvalue weighted by Gasteiger charge is 2.12. The molecule has 4 N–H and O–H groups in total. The van der Waals surface area contributed by atoms with E-state index in [4.69, 9.17) is 15.6 Å². The minimum absolute atomic E-state index is 0.0458. The average molecular weight is 377 g/mol. The molecule has 0 radical (unpaired) electrons. The van der Waals surface area contributed by atoms with Crippen LogP contribution in [0.4, 0.5) is 0 Å². The Labute approximate surface area is 156 Å². The second kappa shape index (κ2) is 10.0. The molecule has 0 saturated heterocycles. The third-order valence-electron chi connectivity index (χ3n) is 3.78. The number of carbonyl (C=O) groups is 2. The number of thiazole rings is 1. The smallest absolute Gasteiger partial charge is 0.305 e. The number of carboxylic acids is 1. The summed E-state index contributed by atoms with van der Waals surface area (Å²) in [6.45, 7) is 2.71. The quantitative estimate of drug-likeness (QED) is 0.546. The Bertz CT molecular complexity index is 730. The van der Waals surface area contributed by atoms with Gasteiger partial charge in [-0.3, -0.25) is 9.59 Å². The van der Waals surface area contributed by atoms with Gasteiger partial charge >= 0.3 is 5.97 Å². The highest BCUT2D eigenvalue weighted by atomic mass is 32.1. The molecule has 140 valence electrons. The van der Waals surface area contributed by atoms with Crippen LogP contribution in [0.25, 0.3) is 10.4 Å². The Hall–Kier alpha value is -2.29. The van der Waals surface area contributed by atoms with Gasteiger partial charge in [-0.15, -0.1) is 11.3 Å². The topological polar surface area (TPSA) is 115 Å². The third-order valence-corrected chi connectivity index (χ3v) is 4.76. The zero-order chi connectivity index (χ0) is 18.9. The van der Waals surface area contributed by atoms with Crippen molar-refractivity contribution in [2.45, 2.75) is 25.8 Å². The summed E-state index contributed by atoms with van der Waals surface area (Å²) in [5, 5.41) is 11.2. The van der Waals surface area contributed by atoms with Gasteiger partial charge in [0.15, 0.2) is 0 Å². The SMILES string of the molecule is Cc1ncsc1-c1ccc([C@@H](N)CC(=O)NCCOCCC(=O)O)cc1. The number of amides is 1. The number of aryl methyl sites for hydroxylation is 1. The third kappa shape index (κ3) is 6.21. The minimum Gasteiger partial charge on any atom is -0.481 e. The fourth-order valence-corrected chi connectivity index (χ4v) is 3.19. The van der Waals surface area contributed by atoms with E-state index in [-0.39, 0.29) is 38.0 Å². The first-order chi connectivity index (χ1) is 12.5. The number of aliphatic carboxylic acids is 1. The van der Waals surface area contributed by atoms with Crippen LogP contribution in [0.15, 0.2) is 29.8 Å². The zero-order valence-corrected chi connectivity index (χ0v) is 15.4. The molecule has 26 heavy (non-hydrogen) atoms. The molecule has 0 aliphatic heterocycles. The van der Waals surface area contributed by atoms with Gasteiger partial charge < -0.3 is 20.9 Å². The maximum Gasteiger partial charge on any atom is 0.305 e. The molecule has 1 amide bonds. The van der Waals surface area contributed by atoms with E-state index in [9.17, 15) is 9.59 Å². The van der Waals surface area contributed by atoms with Crippen molar-refractivity contribution in [1.29, 1.82) is 0 Å². The summed E-state index contributed by atoms with van der Waals surface area (Å²) in [6.07, 6.45) is 0.129. The summed E-state index contributed by atoms with van der Waals surface area (Å²) in [5.74, 6) is -1.07. The van der Waals surface area contributed by atoms with Gasteiger partial charge in [0.1, 0.15) is 0 Å². The first-order valence-electron chi connectivity index (χ1n) is 8.29. The predicted molar refractivity (Wildman–Crippen MR) is 99.9 cm³/mol. The van der Waals surface area contributed by atoms with E-state index in [2.05, 4.69) is 10.3 Å². The molecular formula is C18H23N3O4S. The van der Waals surface area contributed by atoms with Crippen molar-refractivity contribution >= 4 is 23.2 Å². The maximum absolute atomic E-state index is 11.9. The molecule has 0 fully saturated rings. The van der Waals surface area contributed by atoms with Crippen LogP contribution < -0.4 is 11.1 Å². The van der Waals surface area contributed by atoms with Gasteiger partial charge in [0.2, 0.25) is 5.91 Å². The number of carbonyl (C=O) groups excluding carboxylic acids is 1. The minimum atomic E-state index is -0.906. The molecule has 1 aromatic carbocycles. The van der Waals surface area contributed by atoms with Crippen LogP contribution >= 0.6 is 11.3 Å². The summed E-state index contributed by atoms with van der Waals surface area (Å²) >= 11 is 1.59. The fourth-order valence-electron chi connectivity index (χ4n) is 2.37. The summed E-state index contributed by atoms with van der Waals surface area (Å²) in [4.78, 5) is 27.6. The Morgan fingerprint density at radius 2 is 2.04 bits per heavy atom. The van der Waals surface area contributed by atoms with E-state index < -0.39 is 5.97 Å². The van der Waals surface area contributed by atoms with Crippen LogP contribution in [0, 0.1) is 6.92 Å². The molecule has 0 aliphatic rings. The number of hydrogen-bond acceptors (Lipinski definition) is 6. The molecule has 0 spiro atoms. The molecule has 7 nitrogen and oxygen atoms in total. The molecule has 0 unspecified atom stereocenters. The van der Waals surface area contributed by atoms with Crippen LogP contribution in [0.2, 0.25) is 0 Å². The first-order valence-corrected chi connectivity index (χ1v) is 9.17. The van der Waals surface area contributed by atoms with Gasteiger partial charge in [0.25, 0.3) is 0 Å². The van der Waals surface area contributed by atoms with E-state index in [0.29, 0.717) is 6.54 Å². The number of nitrogens with one attached hydrogen (secondary N) is 1. The number of carboxylic acid groups (broad SMARTS) is 1. The van der Waals surface area contributed by atoms with Crippen LogP contribution in [-0.4, -0.2) is 41.7 Å². The zero-order valence-electron chi connectivity index (χ0n) is 14.6. The fraction of sp³-hybridized carbons (Fsp3) is 0.389. The molecule has 2 rings (SSSR count). The Morgan fingerprint density at radius 1 is 1.31 bits per heavy atom. The standard InChI is InChI=1S/C18H23N3O4S/c1-12-18(26-11-21-12)14-4-2-13(3-5-14)15(19)10-16(22)20-7-9-25-8-6-17(23)24/h2-5,11,15H,6-10,19H2,1H3,(H,20,22)(H,23,24)/t15-/m0/s1. The second-order valence-corrected chi connectivity index (χ2v) is 6.66. The van der Waals surface area contributed by atoms with Crippen LogP contribution in [-0.2, 0) is 14.3 Å². The van der Waals surface area contributed by atoms with E-state index >= 15 is 0 Å². The van der Waals surface area contributed by atoms with E-state index in [0.717, 1.165) is 21.7 Å². The molecule has 1 atom stereocenters. The van der Waals surface area contributed by atoms with Crippen molar-refractivity contribution in [1.82, 2.24) is 10.3 Å². The second-order valence-electron chi connectivity index (χ2n) is 5.81. The lowest BCUT2D eigenvalue weighted by atomic mass is 10.0. The maximum atomic E-state index is 11.9. The Kier molecular flexibility index (Phi) is 7.71. The van der Waals surface area contributed by atoms with E-state index in [1.807, 2.05) is 36.7 Å². The molecule has 0 bridgehead atoms. The van der Waals surface area contributed by atoms with Crippen LogP contribution in [0.1, 0.15) is 30.1 Å². The highest BCUT2D eigenvalue weighted by Crippen LogP contribution is 2.28. The highest BCUT2D eigenvalue weighted by molar-refractivity contribution is 7.13. The number of nitrogens with zero attached hydrogens (tertiary/aromatic N) is 1. The number of hydrogen-bond donors (Lipinski definition) is 3. The van der Waals surface area contributed by atoms with Gasteiger partial charge in [-0.05, 0) is 18.1 Å². The van der Waals surface area contributed by atoms with Crippen molar-refractivity contribution < 1.29 is 19.4 Å². The van der Waals surface area contributed by atoms with Crippen molar-refractivity contribution in [3.8, 4) is 10.4 Å². The number of aromatic nitrogens is 1. The monoisotopic (exact) mass is 377 g/mol. The molecule has 2 aromatic rings. The number of nitrogens with two attached hydrogens (primary N) is 1. The molecule has 0 aliphatic carbocycles. The van der Waals surface area contributed by atoms with Gasteiger partial charge in [-0.25, -0.2) is 4.98 Å². The molecule has 8 heteroatoms. The van der Waals surface area contributed by atoms with Gasteiger partial charge in [0.05, 0.1) is 35.7 Å². The molecule has 1 aromatic heterocycles. The Morgan fingerprint density at radius 3 is 2.65 bits per heavy atom. The first kappa shape index (κ1) is 20.0. The van der Waals surface area contributed by atoms with Crippen LogP contribution in [0.3, 0.4) is 0 Å². The van der Waals surface area contributed by atoms with E-state index in [1.165, 1.54) is 0 Å². The van der Waals surface area contributed by atoms with Crippen molar-refractivity contribution in [2.75, 3.05) is 19.8 Å². The largest absolute Gasteiger partial charge is 0.481 e. The van der Waals surface area contributed by atoms with Crippen molar-refractivity contribution in [3.05, 3.63) is 41.0 Å². The molecule has 1 heterocycles. The van der Waals surface area contributed by atoms with Gasteiger partial charge in [0, 0.05) is 19.0 Å².